The van der Waals surface area contributed by atoms with Crippen molar-refractivity contribution >= 4 is 0 Å². The molecule has 0 saturated heterocycles. The Morgan fingerprint density at radius 3 is 2.35 bits per heavy atom. The molecule has 2 aromatic carbocycles. The van der Waals surface area contributed by atoms with Crippen LogP contribution in [0, 0.1) is 19.7 Å². The molecule has 2 heteroatoms. The Kier molecular flexibility index (Phi) is 3.25. The molecule has 0 spiro atoms. The van der Waals surface area contributed by atoms with Gasteiger partial charge in [-0.15, -0.1) is 0 Å². The lowest BCUT2D eigenvalue weighted by Crippen LogP contribution is -1.97. The van der Waals surface area contributed by atoms with Gasteiger partial charge in [0.2, 0.25) is 0 Å². The molecule has 17 heavy (non-hydrogen) atoms. The van der Waals surface area contributed by atoms with Crippen LogP contribution in [-0.2, 0) is 6.54 Å². The number of hydrogen-bond acceptors (Lipinski definition) is 1. The Bertz CT molecular complexity index is 547. The molecule has 0 aliphatic heterocycles. The maximum absolute atomic E-state index is 13.5. The Morgan fingerprint density at radius 2 is 1.76 bits per heavy atom. The SMILES string of the molecule is Cc1ccc(-c2ccc(CN)cc2C)cc1F. The molecule has 0 saturated carbocycles. The Balaban J connectivity index is 2.49. The van der Waals surface area contributed by atoms with Gasteiger partial charge in [0.05, 0.1) is 0 Å². The molecular weight excluding hydrogens is 213 g/mol. The highest BCUT2D eigenvalue weighted by Gasteiger charge is 2.05. The van der Waals surface area contributed by atoms with Crippen LogP contribution in [-0.4, -0.2) is 0 Å². The van der Waals surface area contributed by atoms with Crippen LogP contribution in [0.5, 0.6) is 0 Å². The molecule has 0 aliphatic carbocycles. The highest BCUT2D eigenvalue weighted by molar-refractivity contribution is 5.68. The lowest BCUT2D eigenvalue weighted by molar-refractivity contribution is 0.619. The van der Waals surface area contributed by atoms with Crippen molar-refractivity contribution in [1.82, 2.24) is 0 Å². The largest absolute Gasteiger partial charge is 0.326 e. The van der Waals surface area contributed by atoms with Gasteiger partial charge in [0, 0.05) is 6.54 Å². The summed E-state index contributed by atoms with van der Waals surface area (Å²) in [5, 5.41) is 0. The van der Waals surface area contributed by atoms with E-state index in [0.29, 0.717) is 12.1 Å². The van der Waals surface area contributed by atoms with Gasteiger partial charge in [-0.05, 0) is 47.7 Å². The minimum atomic E-state index is -0.162. The zero-order valence-corrected chi connectivity index (χ0v) is 10.1. The fourth-order valence-corrected chi connectivity index (χ4v) is 1.94. The lowest BCUT2D eigenvalue weighted by atomic mass is 9.97. The Labute approximate surface area is 101 Å². The van der Waals surface area contributed by atoms with Crippen LogP contribution < -0.4 is 5.73 Å². The second kappa shape index (κ2) is 4.68. The van der Waals surface area contributed by atoms with Gasteiger partial charge in [0.15, 0.2) is 0 Å². The molecule has 0 fully saturated rings. The smallest absolute Gasteiger partial charge is 0.126 e. The van der Waals surface area contributed by atoms with E-state index in [9.17, 15) is 4.39 Å². The fraction of sp³-hybridized carbons (Fsp3) is 0.200. The number of benzene rings is 2. The number of halogens is 1. The molecule has 2 aromatic rings. The highest BCUT2D eigenvalue weighted by Crippen LogP contribution is 2.25. The summed E-state index contributed by atoms with van der Waals surface area (Å²) in [5.74, 6) is -0.162. The van der Waals surface area contributed by atoms with Gasteiger partial charge in [-0.1, -0.05) is 30.3 Å². The lowest BCUT2D eigenvalue weighted by Gasteiger charge is -2.09. The van der Waals surface area contributed by atoms with Gasteiger partial charge in [-0.3, -0.25) is 0 Å². The van der Waals surface area contributed by atoms with Crippen molar-refractivity contribution in [2.24, 2.45) is 5.73 Å². The van der Waals surface area contributed by atoms with Gasteiger partial charge < -0.3 is 5.73 Å². The first-order chi connectivity index (χ1) is 8.11. The van der Waals surface area contributed by atoms with Gasteiger partial charge in [-0.2, -0.15) is 0 Å². The van der Waals surface area contributed by atoms with Crippen LogP contribution in [0.2, 0.25) is 0 Å². The molecule has 88 valence electrons. The van der Waals surface area contributed by atoms with Crippen molar-refractivity contribution in [3.05, 3.63) is 58.9 Å². The summed E-state index contributed by atoms with van der Waals surface area (Å²) in [6.07, 6.45) is 0. The minimum absolute atomic E-state index is 0.162. The molecule has 2 rings (SSSR count). The number of aryl methyl sites for hydroxylation is 2. The molecule has 0 radical (unpaired) electrons. The highest BCUT2D eigenvalue weighted by atomic mass is 19.1. The van der Waals surface area contributed by atoms with E-state index in [2.05, 4.69) is 0 Å². The first-order valence-corrected chi connectivity index (χ1v) is 5.68. The van der Waals surface area contributed by atoms with Crippen molar-refractivity contribution in [3.8, 4) is 11.1 Å². The van der Waals surface area contributed by atoms with Crippen LogP contribution in [0.4, 0.5) is 4.39 Å². The first-order valence-electron chi connectivity index (χ1n) is 5.68. The molecule has 0 unspecified atom stereocenters. The Hall–Kier alpha value is -1.67. The first kappa shape index (κ1) is 11.8. The molecule has 2 N–H and O–H groups in total. The van der Waals surface area contributed by atoms with E-state index in [1.54, 1.807) is 19.1 Å². The third-order valence-corrected chi connectivity index (χ3v) is 3.01. The van der Waals surface area contributed by atoms with E-state index in [4.69, 9.17) is 5.73 Å². The third-order valence-electron chi connectivity index (χ3n) is 3.01. The van der Waals surface area contributed by atoms with Gasteiger partial charge in [-0.25, -0.2) is 4.39 Å². The second-order valence-electron chi connectivity index (χ2n) is 4.32. The maximum Gasteiger partial charge on any atom is 0.126 e. The summed E-state index contributed by atoms with van der Waals surface area (Å²) in [5.41, 5.74) is 10.4. The van der Waals surface area contributed by atoms with E-state index in [0.717, 1.165) is 22.3 Å². The van der Waals surface area contributed by atoms with E-state index in [1.165, 1.54) is 0 Å². The maximum atomic E-state index is 13.5. The van der Waals surface area contributed by atoms with Crippen LogP contribution in [0.3, 0.4) is 0 Å². The molecule has 0 aliphatic rings. The molecule has 0 amide bonds. The van der Waals surface area contributed by atoms with E-state index < -0.39 is 0 Å². The molecule has 1 nitrogen and oxygen atoms in total. The fourth-order valence-electron chi connectivity index (χ4n) is 1.94. The summed E-state index contributed by atoms with van der Waals surface area (Å²) in [6, 6.07) is 11.4. The number of hydrogen-bond donors (Lipinski definition) is 1. The molecular formula is C15H16FN. The van der Waals surface area contributed by atoms with E-state index in [-0.39, 0.29) is 5.82 Å². The van der Waals surface area contributed by atoms with Gasteiger partial charge in [0.1, 0.15) is 5.82 Å². The standard InChI is InChI=1S/C15H16FN/c1-10-3-5-13(8-15(10)16)14-6-4-12(9-17)7-11(14)2/h3-8H,9,17H2,1-2H3. The summed E-state index contributed by atoms with van der Waals surface area (Å²) in [7, 11) is 0. The predicted molar refractivity (Wildman–Crippen MR) is 69.2 cm³/mol. The topological polar surface area (TPSA) is 26.0 Å². The normalized spacial score (nSPS) is 10.6. The minimum Gasteiger partial charge on any atom is -0.326 e. The van der Waals surface area contributed by atoms with E-state index in [1.807, 2.05) is 31.2 Å². The van der Waals surface area contributed by atoms with Crippen LogP contribution >= 0.6 is 0 Å². The zero-order valence-electron chi connectivity index (χ0n) is 10.1. The summed E-state index contributed by atoms with van der Waals surface area (Å²) >= 11 is 0. The van der Waals surface area contributed by atoms with Crippen LogP contribution in [0.1, 0.15) is 16.7 Å². The monoisotopic (exact) mass is 229 g/mol. The summed E-state index contributed by atoms with van der Waals surface area (Å²) < 4.78 is 13.5. The van der Waals surface area contributed by atoms with Crippen LogP contribution in [0.25, 0.3) is 11.1 Å². The quantitative estimate of drug-likeness (QED) is 0.837. The van der Waals surface area contributed by atoms with Gasteiger partial charge in [0.25, 0.3) is 0 Å². The predicted octanol–water partition coefficient (Wildman–Crippen LogP) is 3.57. The average Bonchev–Trinajstić information content (AvgIpc) is 2.32. The number of nitrogens with two attached hydrogens (primary N) is 1. The summed E-state index contributed by atoms with van der Waals surface area (Å²) in [4.78, 5) is 0. The van der Waals surface area contributed by atoms with Crippen molar-refractivity contribution < 1.29 is 4.39 Å². The van der Waals surface area contributed by atoms with Crippen molar-refractivity contribution in [2.45, 2.75) is 20.4 Å². The van der Waals surface area contributed by atoms with E-state index >= 15 is 0 Å². The molecule has 0 bridgehead atoms. The van der Waals surface area contributed by atoms with Crippen molar-refractivity contribution in [1.29, 1.82) is 0 Å². The van der Waals surface area contributed by atoms with Gasteiger partial charge >= 0.3 is 0 Å². The number of rotatable bonds is 2. The zero-order chi connectivity index (χ0) is 12.4. The van der Waals surface area contributed by atoms with Crippen molar-refractivity contribution in [2.75, 3.05) is 0 Å². The van der Waals surface area contributed by atoms with Crippen LogP contribution in [0.15, 0.2) is 36.4 Å². The average molecular weight is 229 g/mol. The third kappa shape index (κ3) is 2.37. The van der Waals surface area contributed by atoms with Crippen molar-refractivity contribution in [3.63, 3.8) is 0 Å². The molecule has 0 aromatic heterocycles. The summed E-state index contributed by atoms with van der Waals surface area (Å²) in [6.45, 7) is 4.32. The molecule has 0 heterocycles. The molecule has 0 atom stereocenters. The Morgan fingerprint density at radius 1 is 1.00 bits per heavy atom. The second-order valence-corrected chi connectivity index (χ2v) is 4.32.